The van der Waals surface area contributed by atoms with Crippen LogP contribution in [-0.2, 0) is 0 Å². The molecule has 0 aliphatic carbocycles. The fourth-order valence-electron chi connectivity index (χ4n) is 3.27. The average molecular weight is 324 g/mol. The molecule has 1 fully saturated rings. The number of hydrogen-bond acceptors (Lipinski definition) is 3. The van der Waals surface area contributed by atoms with Gasteiger partial charge in [-0.2, -0.15) is 0 Å². The van der Waals surface area contributed by atoms with Gasteiger partial charge in [-0.3, -0.25) is 9.59 Å². The molecule has 1 aromatic carbocycles. The summed E-state index contributed by atoms with van der Waals surface area (Å²) in [6.45, 7) is 0.732. The third kappa shape index (κ3) is 2.47. The van der Waals surface area contributed by atoms with Crippen LogP contribution in [0, 0.1) is 0 Å². The summed E-state index contributed by atoms with van der Waals surface area (Å²) in [5, 5.41) is 3.44. The van der Waals surface area contributed by atoms with Gasteiger partial charge < -0.3 is 9.88 Å². The van der Waals surface area contributed by atoms with Crippen molar-refractivity contribution in [1.29, 1.82) is 0 Å². The van der Waals surface area contributed by atoms with Crippen LogP contribution in [0.5, 0.6) is 0 Å². The summed E-state index contributed by atoms with van der Waals surface area (Å²) < 4.78 is 0. The molecule has 1 amide bonds. The van der Waals surface area contributed by atoms with E-state index >= 15 is 0 Å². The van der Waals surface area contributed by atoms with Crippen molar-refractivity contribution in [2.75, 3.05) is 6.54 Å². The summed E-state index contributed by atoms with van der Waals surface area (Å²) >= 11 is 1.68. The van der Waals surface area contributed by atoms with Crippen molar-refractivity contribution < 1.29 is 4.79 Å². The van der Waals surface area contributed by atoms with Crippen molar-refractivity contribution in [3.8, 4) is 0 Å². The van der Waals surface area contributed by atoms with Crippen LogP contribution in [0.15, 0.2) is 52.6 Å². The number of rotatable bonds is 2. The molecule has 2 aromatic heterocycles. The van der Waals surface area contributed by atoms with E-state index in [1.165, 1.54) is 4.88 Å². The predicted octanol–water partition coefficient (Wildman–Crippen LogP) is 3.57. The topological polar surface area (TPSA) is 53.2 Å². The number of pyridine rings is 1. The van der Waals surface area contributed by atoms with Gasteiger partial charge in [0.2, 0.25) is 0 Å². The predicted molar refractivity (Wildman–Crippen MR) is 91.9 cm³/mol. The van der Waals surface area contributed by atoms with E-state index in [0.717, 1.165) is 24.8 Å². The van der Waals surface area contributed by atoms with E-state index < -0.39 is 0 Å². The average Bonchev–Trinajstić information content (AvgIpc) is 3.25. The van der Waals surface area contributed by atoms with E-state index in [1.54, 1.807) is 23.5 Å². The standard InChI is InChI=1S/C18H16N2O2S/c21-17-13-6-2-1-5-12(13)11-14(19-17)18(22)20-9-3-7-15(20)16-8-4-10-23-16/h1-2,4-6,8,10-11,15H,3,7,9H2,(H,19,21). The fraction of sp³-hybridized carbons (Fsp3) is 0.222. The molecule has 23 heavy (non-hydrogen) atoms. The van der Waals surface area contributed by atoms with Crippen molar-refractivity contribution in [2.45, 2.75) is 18.9 Å². The lowest BCUT2D eigenvalue weighted by Crippen LogP contribution is -2.32. The molecule has 3 aromatic rings. The number of thiophene rings is 1. The summed E-state index contributed by atoms with van der Waals surface area (Å²) in [4.78, 5) is 31.0. The van der Waals surface area contributed by atoms with E-state index in [1.807, 2.05) is 34.5 Å². The Balaban J connectivity index is 1.73. The Bertz CT molecular complexity index is 914. The van der Waals surface area contributed by atoms with E-state index in [9.17, 15) is 9.59 Å². The van der Waals surface area contributed by atoms with Crippen molar-refractivity contribution in [1.82, 2.24) is 9.88 Å². The number of aromatic amines is 1. The smallest absolute Gasteiger partial charge is 0.270 e. The highest BCUT2D eigenvalue weighted by molar-refractivity contribution is 7.10. The zero-order chi connectivity index (χ0) is 15.8. The molecule has 1 aliphatic heterocycles. The van der Waals surface area contributed by atoms with Crippen molar-refractivity contribution in [3.63, 3.8) is 0 Å². The molecule has 0 bridgehead atoms. The Hall–Kier alpha value is -2.40. The third-order valence-corrected chi connectivity index (χ3v) is 5.34. The minimum absolute atomic E-state index is 0.0937. The molecule has 0 saturated carbocycles. The van der Waals surface area contributed by atoms with Gasteiger partial charge in [0.1, 0.15) is 5.69 Å². The number of aromatic nitrogens is 1. The maximum atomic E-state index is 12.9. The minimum atomic E-state index is -0.210. The lowest BCUT2D eigenvalue weighted by atomic mass is 10.1. The summed E-state index contributed by atoms with van der Waals surface area (Å²) in [6.07, 6.45) is 1.97. The zero-order valence-electron chi connectivity index (χ0n) is 12.5. The maximum Gasteiger partial charge on any atom is 0.270 e. The van der Waals surface area contributed by atoms with Gasteiger partial charge in [0.25, 0.3) is 11.5 Å². The summed E-state index contributed by atoms with van der Waals surface area (Å²) in [5.41, 5.74) is 0.162. The Morgan fingerprint density at radius 3 is 2.91 bits per heavy atom. The van der Waals surface area contributed by atoms with Crippen molar-refractivity contribution in [2.24, 2.45) is 0 Å². The normalized spacial score (nSPS) is 17.7. The van der Waals surface area contributed by atoms with Crippen molar-refractivity contribution >= 4 is 28.0 Å². The molecule has 0 spiro atoms. The second kappa shape index (κ2) is 5.66. The highest BCUT2D eigenvalue weighted by atomic mass is 32.1. The molecular weight excluding hydrogens is 308 g/mol. The summed E-state index contributed by atoms with van der Waals surface area (Å²) in [6, 6.07) is 13.3. The number of carbonyl (C=O) groups is 1. The number of amides is 1. The number of nitrogens with zero attached hydrogens (tertiary/aromatic N) is 1. The fourth-order valence-corrected chi connectivity index (χ4v) is 4.14. The van der Waals surface area contributed by atoms with Gasteiger partial charge in [0, 0.05) is 16.8 Å². The number of benzene rings is 1. The van der Waals surface area contributed by atoms with E-state index in [0.29, 0.717) is 11.1 Å². The molecule has 1 aliphatic rings. The number of hydrogen-bond donors (Lipinski definition) is 1. The first-order valence-corrected chi connectivity index (χ1v) is 8.58. The first-order chi connectivity index (χ1) is 11.2. The number of nitrogens with one attached hydrogen (secondary N) is 1. The molecule has 0 radical (unpaired) electrons. The number of likely N-dealkylation sites (tertiary alicyclic amines) is 1. The van der Waals surface area contributed by atoms with Crippen LogP contribution in [-0.4, -0.2) is 22.3 Å². The van der Waals surface area contributed by atoms with Crippen LogP contribution in [0.2, 0.25) is 0 Å². The molecule has 3 heterocycles. The van der Waals surface area contributed by atoms with Crippen LogP contribution in [0.4, 0.5) is 0 Å². The Labute approximate surface area is 137 Å². The number of carbonyl (C=O) groups excluding carboxylic acids is 1. The van der Waals surface area contributed by atoms with Gasteiger partial charge >= 0.3 is 0 Å². The van der Waals surface area contributed by atoms with Gasteiger partial charge in [-0.25, -0.2) is 0 Å². The van der Waals surface area contributed by atoms with E-state index in [-0.39, 0.29) is 17.5 Å². The van der Waals surface area contributed by atoms with Crippen LogP contribution in [0.25, 0.3) is 10.8 Å². The second-order valence-electron chi connectivity index (χ2n) is 5.77. The van der Waals surface area contributed by atoms with Gasteiger partial charge in [-0.1, -0.05) is 24.3 Å². The molecule has 116 valence electrons. The molecular formula is C18H16N2O2S. The maximum absolute atomic E-state index is 12.9. The first kappa shape index (κ1) is 14.2. The Morgan fingerprint density at radius 1 is 1.22 bits per heavy atom. The molecule has 1 saturated heterocycles. The molecule has 4 nitrogen and oxygen atoms in total. The summed E-state index contributed by atoms with van der Waals surface area (Å²) in [7, 11) is 0. The van der Waals surface area contributed by atoms with Gasteiger partial charge in [-0.15, -0.1) is 11.3 Å². The van der Waals surface area contributed by atoms with Crippen LogP contribution < -0.4 is 5.56 Å². The van der Waals surface area contributed by atoms with E-state index in [4.69, 9.17) is 0 Å². The lowest BCUT2D eigenvalue weighted by Gasteiger charge is -2.23. The molecule has 4 rings (SSSR count). The molecule has 1 N–H and O–H groups in total. The zero-order valence-corrected chi connectivity index (χ0v) is 13.3. The molecule has 1 unspecified atom stereocenters. The van der Waals surface area contributed by atoms with Crippen LogP contribution >= 0.6 is 11.3 Å². The van der Waals surface area contributed by atoms with E-state index in [2.05, 4.69) is 11.1 Å². The first-order valence-electron chi connectivity index (χ1n) is 7.70. The van der Waals surface area contributed by atoms with Crippen LogP contribution in [0.3, 0.4) is 0 Å². The van der Waals surface area contributed by atoms with Gasteiger partial charge in [0.05, 0.1) is 6.04 Å². The quantitative estimate of drug-likeness (QED) is 0.783. The number of fused-ring (bicyclic) bond motifs is 1. The SMILES string of the molecule is O=C(c1cc2ccccc2c(=O)[nH]1)N1CCCC1c1cccs1. The highest BCUT2D eigenvalue weighted by Gasteiger charge is 2.31. The Morgan fingerprint density at radius 2 is 2.09 bits per heavy atom. The lowest BCUT2D eigenvalue weighted by molar-refractivity contribution is 0.0732. The third-order valence-electron chi connectivity index (χ3n) is 4.37. The molecule has 5 heteroatoms. The van der Waals surface area contributed by atoms with Gasteiger partial charge in [-0.05, 0) is 41.8 Å². The monoisotopic (exact) mass is 324 g/mol. The van der Waals surface area contributed by atoms with Crippen LogP contribution in [0.1, 0.15) is 34.2 Å². The second-order valence-corrected chi connectivity index (χ2v) is 6.75. The summed E-state index contributed by atoms with van der Waals surface area (Å²) in [5.74, 6) is -0.0937. The highest BCUT2D eigenvalue weighted by Crippen LogP contribution is 2.35. The van der Waals surface area contributed by atoms with Gasteiger partial charge in [0.15, 0.2) is 0 Å². The number of H-pyrrole nitrogens is 1. The largest absolute Gasteiger partial charge is 0.330 e. The Kier molecular flexibility index (Phi) is 3.50. The van der Waals surface area contributed by atoms with Crippen molar-refractivity contribution in [3.05, 3.63) is 68.8 Å². The minimum Gasteiger partial charge on any atom is -0.330 e. The molecule has 1 atom stereocenters.